The summed E-state index contributed by atoms with van der Waals surface area (Å²) in [5.41, 5.74) is 1.16. The standard InChI is InChI=1S/C14H19BrCl2/c1-3-5-10(6-4-2)14(15)12-8-7-11(16)9-13(12)17/h7-10,14H,3-6H2,1-2H3. The van der Waals surface area contributed by atoms with Crippen molar-refractivity contribution < 1.29 is 0 Å². The molecular weight excluding hydrogens is 319 g/mol. The van der Waals surface area contributed by atoms with Gasteiger partial charge in [0.1, 0.15) is 0 Å². The third kappa shape index (κ3) is 4.46. The smallest absolute Gasteiger partial charge is 0.0464 e. The molecule has 0 aromatic heterocycles. The normalized spacial score (nSPS) is 13.1. The van der Waals surface area contributed by atoms with Crippen molar-refractivity contribution in [2.45, 2.75) is 44.4 Å². The van der Waals surface area contributed by atoms with Crippen molar-refractivity contribution in [1.29, 1.82) is 0 Å². The lowest BCUT2D eigenvalue weighted by atomic mass is 9.91. The van der Waals surface area contributed by atoms with Crippen molar-refractivity contribution in [2.24, 2.45) is 5.92 Å². The van der Waals surface area contributed by atoms with Crippen molar-refractivity contribution in [3.8, 4) is 0 Å². The van der Waals surface area contributed by atoms with E-state index >= 15 is 0 Å². The number of halogens is 3. The van der Waals surface area contributed by atoms with Crippen LogP contribution in [-0.2, 0) is 0 Å². The van der Waals surface area contributed by atoms with E-state index in [1.165, 1.54) is 25.7 Å². The van der Waals surface area contributed by atoms with E-state index in [0.717, 1.165) is 10.6 Å². The van der Waals surface area contributed by atoms with Crippen LogP contribution in [0.1, 0.15) is 49.9 Å². The van der Waals surface area contributed by atoms with Crippen LogP contribution in [0.3, 0.4) is 0 Å². The van der Waals surface area contributed by atoms with Gasteiger partial charge in [-0.05, 0) is 36.5 Å². The molecular formula is C14H19BrCl2. The van der Waals surface area contributed by atoms with Gasteiger partial charge in [-0.3, -0.25) is 0 Å². The predicted molar refractivity (Wildman–Crippen MR) is 81.4 cm³/mol. The first-order valence-corrected chi connectivity index (χ1v) is 7.86. The fourth-order valence-corrected chi connectivity index (χ4v) is 3.74. The van der Waals surface area contributed by atoms with Crippen LogP contribution in [0.15, 0.2) is 18.2 Å². The Labute approximate surface area is 123 Å². The summed E-state index contributed by atoms with van der Waals surface area (Å²) in [4.78, 5) is 0.326. The third-order valence-electron chi connectivity index (χ3n) is 2.99. The summed E-state index contributed by atoms with van der Waals surface area (Å²) < 4.78 is 0. The minimum absolute atomic E-state index is 0.326. The molecule has 0 aliphatic carbocycles. The molecule has 0 N–H and O–H groups in total. The Kier molecular flexibility index (Phi) is 6.91. The molecule has 0 heterocycles. The zero-order valence-electron chi connectivity index (χ0n) is 10.3. The molecule has 17 heavy (non-hydrogen) atoms. The first-order valence-electron chi connectivity index (χ1n) is 6.19. The topological polar surface area (TPSA) is 0 Å². The maximum absolute atomic E-state index is 6.25. The summed E-state index contributed by atoms with van der Waals surface area (Å²) in [7, 11) is 0. The van der Waals surface area contributed by atoms with Crippen molar-refractivity contribution >= 4 is 39.1 Å². The van der Waals surface area contributed by atoms with Gasteiger partial charge in [-0.15, -0.1) is 0 Å². The van der Waals surface area contributed by atoms with Crippen molar-refractivity contribution in [1.82, 2.24) is 0 Å². The highest BCUT2D eigenvalue weighted by atomic mass is 79.9. The van der Waals surface area contributed by atoms with Crippen molar-refractivity contribution in [3.05, 3.63) is 33.8 Å². The minimum atomic E-state index is 0.326. The predicted octanol–water partition coefficient (Wildman–Crippen LogP) is 6.65. The zero-order valence-corrected chi connectivity index (χ0v) is 13.4. The van der Waals surface area contributed by atoms with Gasteiger partial charge in [0.15, 0.2) is 0 Å². The van der Waals surface area contributed by atoms with Gasteiger partial charge in [0.05, 0.1) is 0 Å². The van der Waals surface area contributed by atoms with Gasteiger partial charge >= 0.3 is 0 Å². The molecule has 0 bridgehead atoms. The van der Waals surface area contributed by atoms with Crippen LogP contribution in [0.2, 0.25) is 10.0 Å². The van der Waals surface area contributed by atoms with E-state index in [0.29, 0.717) is 15.8 Å². The molecule has 0 spiro atoms. The first-order chi connectivity index (χ1) is 8.10. The van der Waals surface area contributed by atoms with E-state index in [4.69, 9.17) is 23.2 Å². The van der Waals surface area contributed by atoms with Crippen LogP contribution in [0, 0.1) is 5.92 Å². The summed E-state index contributed by atoms with van der Waals surface area (Å²) in [5, 5.41) is 1.46. The molecule has 0 nitrogen and oxygen atoms in total. The molecule has 3 heteroatoms. The average Bonchev–Trinajstić information content (AvgIpc) is 2.28. The molecule has 1 aromatic carbocycles. The molecule has 0 aliphatic heterocycles. The maximum Gasteiger partial charge on any atom is 0.0464 e. The second kappa shape index (κ2) is 7.66. The van der Waals surface area contributed by atoms with Gasteiger partial charge in [0.2, 0.25) is 0 Å². The van der Waals surface area contributed by atoms with Gasteiger partial charge in [0.25, 0.3) is 0 Å². The van der Waals surface area contributed by atoms with E-state index in [1.54, 1.807) is 0 Å². The van der Waals surface area contributed by atoms with Crippen LogP contribution in [0.25, 0.3) is 0 Å². The second-order valence-electron chi connectivity index (χ2n) is 4.41. The molecule has 0 aliphatic rings. The minimum Gasteiger partial charge on any atom is -0.0843 e. The van der Waals surface area contributed by atoms with Gasteiger partial charge < -0.3 is 0 Å². The molecule has 0 fully saturated rings. The van der Waals surface area contributed by atoms with Gasteiger partial charge in [0, 0.05) is 14.9 Å². The molecule has 96 valence electrons. The van der Waals surface area contributed by atoms with Crippen LogP contribution < -0.4 is 0 Å². The number of benzene rings is 1. The Morgan fingerprint density at radius 1 is 1.12 bits per heavy atom. The van der Waals surface area contributed by atoms with E-state index < -0.39 is 0 Å². The largest absolute Gasteiger partial charge is 0.0843 e. The van der Waals surface area contributed by atoms with Crippen LogP contribution >= 0.6 is 39.1 Å². The van der Waals surface area contributed by atoms with E-state index in [9.17, 15) is 0 Å². The van der Waals surface area contributed by atoms with Crippen molar-refractivity contribution in [2.75, 3.05) is 0 Å². The molecule has 1 rings (SSSR count). The fourth-order valence-electron chi connectivity index (χ4n) is 2.16. The number of hydrogen-bond donors (Lipinski definition) is 0. The Morgan fingerprint density at radius 3 is 2.18 bits per heavy atom. The van der Waals surface area contributed by atoms with Crippen LogP contribution in [-0.4, -0.2) is 0 Å². The Hall–Kier alpha value is 0.280. The third-order valence-corrected chi connectivity index (χ3v) is 4.80. The number of alkyl halides is 1. The summed E-state index contributed by atoms with van der Waals surface area (Å²) >= 11 is 16.0. The van der Waals surface area contributed by atoms with Crippen LogP contribution in [0.4, 0.5) is 0 Å². The van der Waals surface area contributed by atoms with Gasteiger partial charge in [-0.25, -0.2) is 0 Å². The maximum atomic E-state index is 6.25. The lowest BCUT2D eigenvalue weighted by Crippen LogP contribution is -2.08. The first kappa shape index (κ1) is 15.3. The summed E-state index contributed by atoms with van der Waals surface area (Å²) in [6, 6.07) is 5.76. The fraction of sp³-hybridized carbons (Fsp3) is 0.571. The number of rotatable bonds is 6. The highest BCUT2D eigenvalue weighted by Crippen LogP contribution is 2.40. The molecule has 1 unspecified atom stereocenters. The Morgan fingerprint density at radius 2 is 1.71 bits per heavy atom. The van der Waals surface area contributed by atoms with Crippen molar-refractivity contribution in [3.63, 3.8) is 0 Å². The Bertz CT molecular complexity index is 346. The average molecular weight is 338 g/mol. The lowest BCUT2D eigenvalue weighted by molar-refractivity contribution is 0.435. The SMILES string of the molecule is CCCC(CCC)C(Br)c1ccc(Cl)cc1Cl. The molecule has 1 aromatic rings. The summed E-state index contributed by atoms with van der Waals surface area (Å²) in [5.74, 6) is 0.642. The van der Waals surface area contributed by atoms with Gasteiger partial charge in [-0.2, -0.15) is 0 Å². The molecule has 0 amide bonds. The molecule has 1 atom stereocenters. The molecule has 0 saturated carbocycles. The van der Waals surface area contributed by atoms with Crippen LogP contribution in [0.5, 0.6) is 0 Å². The summed E-state index contributed by atoms with van der Waals surface area (Å²) in [6.45, 7) is 4.46. The Balaban J connectivity index is 2.88. The quantitative estimate of drug-likeness (QED) is 0.510. The summed E-state index contributed by atoms with van der Waals surface area (Å²) in [6.07, 6.45) is 4.86. The van der Waals surface area contributed by atoms with E-state index in [1.807, 2.05) is 18.2 Å². The molecule has 0 radical (unpaired) electrons. The monoisotopic (exact) mass is 336 g/mol. The highest BCUT2D eigenvalue weighted by molar-refractivity contribution is 9.09. The lowest BCUT2D eigenvalue weighted by Gasteiger charge is -2.23. The molecule has 0 saturated heterocycles. The van der Waals surface area contributed by atoms with E-state index in [-0.39, 0.29) is 0 Å². The number of hydrogen-bond acceptors (Lipinski definition) is 0. The second-order valence-corrected chi connectivity index (χ2v) is 6.24. The zero-order chi connectivity index (χ0) is 12.8. The van der Waals surface area contributed by atoms with Gasteiger partial charge in [-0.1, -0.05) is 71.9 Å². The van der Waals surface area contributed by atoms with E-state index in [2.05, 4.69) is 29.8 Å². The highest BCUT2D eigenvalue weighted by Gasteiger charge is 2.21.